The van der Waals surface area contributed by atoms with E-state index in [-0.39, 0.29) is 5.75 Å². The number of nitrogens with zero attached hydrogens (tertiary/aromatic N) is 2. The number of anilines is 1. The summed E-state index contributed by atoms with van der Waals surface area (Å²) < 4.78 is 10.7. The van der Waals surface area contributed by atoms with Crippen LogP contribution in [0, 0.1) is 0 Å². The van der Waals surface area contributed by atoms with Crippen LogP contribution < -0.4 is 9.64 Å². The van der Waals surface area contributed by atoms with E-state index in [9.17, 15) is 5.11 Å². The van der Waals surface area contributed by atoms with Crippen LogP contribution in [-0.4, -0.2) is 30.0 Å². The first-order valence-corrected chi connectivity index (χ1v) is 6.87. The van der Waals surface area contributed by atoms with Gasteiger partial charge in [-0.1, -0.05) is 5.16 Å². The third kappa shape index (κ3) is 2.87. The fourth-order valence-corrected chi connectivity index (χ4v) is 2.07. The molecule has 5 nitrogen and oxygen atoms in total. The van der Waals surface area contributed by atoms with Gasteiger partial charge in [-0.05, 0) is 32.9 Å². The lowest BCUT2D eigenvalue weighted by Crippen LogP contribution is -2.21. The van der Waals surface area contributed by atoms with Crippen LogP contribution in [0.4, 0.5) is 5.82 Å². The second kappa shape index (κ2) is 6.32. The molecule has 0 aliphatic carbocycles. The van der Waals surface area contributed by atoms with Crippen molar-refractivity contribution >= 4 is 5.82 Å². The van der Waals surface area contributed by atoms with Gasteiger partial charge in [0.15, 0.2) is 11.6 Å². The molecule has 0 saturated heterocycles. The summed E-state index contributed by atoms with van der Waals surface area (Å²) in [5.74, 6) is 2.08. The number of aromatic hydroxyl groups is 1. The Bertz CT molecular complexity index is 562. The SMILES string of the molecule is CCOc1ccc(-c2cc(N(CC)CC)no2)c(O)c1. The molecule has 0 spiro atoms. The van der Waals surface area contributed by atoms with Gasteiger partial charge in [-0.15, -0.1) is 0 Å². The van der Waals surface area contributed by atoms with Crippen molar-refractivity contribution in [2.75, 3.05) is 24.6 Å². The van der Waals surface area contributed by atoms with Crippen LogP contribution in [0.3, 0.4) is 0 Å². The predicted molar refractivity (Wildman–Crippen MR) is 78.3 cm³/mol. The zero-order chi connectivity index (χ0) is 14.5. The Morgan fingerprint density at radius 1 is 1.20 bits per heavy atom. The Hall–Kier alpha value is -2.17. The van der Waals surface area contributed by atoms with Gasteiger partial charge in [-0.25, -0.2) is 0 Å². The Kier molecular flexibility index (Phi) is 4.50. The first-order valence-electron chi connectivity index (χ1n) is 6.87. The fraction of sp³-hybridized carbons (Fsp3) is 0.400. The Labute approximate surface area is 118 Å². The summed E-state index contributed by atoms with van der Waals surface area (Å²) in [4.78, 5) is 2.08. The van der Waals surface area contributed by atoms with E-state index in [1.807, 2.05) is 13.0 Å². The van der Waals surface area contributed by atoms with Gasteiger partial charge in [-0.3, -0.25) is 0 Å². The first kappa shape index (κ1) is 14.2. The molecule has 0 saturated carbocycles. The number of aromatic nitrogens is 1. The van der Waals surface area contributed by atoms with Crippen molar-refractivity contribution in [1.29, 1.82) is 0 Å². The van der Waals surface area contributed by atoms with E-state index in [0.717, 1.165) is 18.9 Å². The number of rotatable bonds is 6. The van der Waals surface area contributed by atoms with E-state index in [1.165, 1.54) is 0 Å². The molecule has 0 bridgehead atoms. The van der Waals surface area contributed by atoms with E-state index in [0.29, 0.717) is 23.7 Å². The average molecular weight is 276 g/mol. The lowest BCUT2D eigenvalue weighted by molar-refractivity contribution is 0.337. The van der Waals surface area contributed by atoms with Crippen molar-refractivity contribution in [3.8, 4) is 22.8 Å². The highest BCUT2D eigenvalue weighted by Gasteiger charge is 2.14. The summed E-state index contributed by atoms with van der Waals surface area (Å²) in [6, 6.07) is 6.99. The second-order valence-corrected chi connectivity index (χ2v) is 4.33. The molecule has 0 aliphatic heterocycles. The summed E-state index contributed by atoms with van der Waals surface area (Å²) >= 11 is 0. The molecule has 5 heteroatoms. The van der Waals surface area contributed by atoms with Gasteiger partial charge < -0.3 is 19.3 Å². The molecular formula is C15H20N2O3. The summed E-state index contributed by atoms with van der Waals surface area (Å²) in [7, 11) is 0. The highest BCUT2D eigenvalue weighted by molar-refractivity contribution is 5.68. The predicted octanol–water partition coefficient (Wildman–Crippen LogP) is 3.29. The molecule has 108 valence electrons. The molecule has 1 heterocycles. The zero-order valence-corrected chi connectivity index (χ0v) is 12.1. The van der Waals surface area contributed by atoms with E-state index < -0.39 is 0 Å². The maximum atomic E-state index is 10.1. The largest absolute Gasteiger partial charge is 0.507 e. The van der Waals surface area contributed by atoms with Crippen molar-refractivity contribution in [2.24, 2.45) is 0 Å². The lowest BCUT2D eigenvalue weighted by Gasteiger charge is -2.15. The molecule has 0 unspecified atom stereocenters. The van der Waals surface area contributed by atoms with Crippen LogP contribution in [-0.2, 0) is 0 Å². The van der Waals surface area contributed by atoms with Crippen molar-refractivity contribution < 1.29 is 14.4 Å². The van der Waals surface area contributed by atoms with Gasteiger partial charge in [0.25, 0.3) is 0 Å². The average Bonchev–Trinajstić information content (AvgIpc) is 2.90. The molecule has 1 aromatic carbocycles. The molecular weight excluding hydrogens is 256 g/mol. The molecule has 0 aliphatic rings. The van der Waals surface area contributed by atoms with Gasteiger partial charge in [0.1, 0.15) is 11.5 Å². The fourth-order valence-electron chi connectivity index (χ4n) is 2.07. The molecule has 0 radical (unpaired) electrons. The third-order valence-electron chi connectivity index (χ3n) is 3.13. The van der Waals surface area contributed by atoms with Crippen LogP contribution in [0.25, 0.3) is 11.3 Å². The standard InChI is InChI=1S/C15H20N2O3/c1-4-17(5-2)15-10-14(20-16-15)12-8-7-11(19-6-3)9-13(12)18/h7-10,18H,4-6H2,1-3H3. The molecule has 1 aromatic heterocycles. The minimum Gasteiger partial charge on any atom is -0.507 e. The number of ether oxygens (including phenoxy) is 1. The summed E-state index contributed by atoms with van der Waals surface area (Å²) in [5, 5.41) is 14.1. The second-order valence-electron chi connectivity index (χ2n) is 4.33. The Balaban J connectivity index is 2.28. The topological polar surface area (TPSA) is 58.7 Å². The van der Waals surface area contributed by atoms with Gasteiger partial charge in [-0.2, -0.15) is 0 Å². The highest BCUT2D eigenvalue weighted by Crippen LogP contribution is 2.34. The van der Waals surface area contributed by atoms with Crippen LogP contribution >= 0.6 is 0 Å². The quantitative estimate of drug-likeness (QED) is 0.877. The monoisotopic (exact) mass is 276 g/mol. The number of hydrogen-bond donors (Lipinski definition) is 1. The number of benzene rings is 1. The highest BCUT2D eigenvalue weighted by atomic mass is 16.5. The molecule has 0 fully saturated rings. The summed E-state index contributed by atoms with van der Waals surface area (Å²) in [5.41, 5.74) is 0.611. The lowest BCUT2D eigenvalue weighted by atomic mass is 10.1. The molecule has 0 amide bonds. The van der Waals surface area contributed by atoms with Crippen molar-refractivity contribution in [3.05, 3.63) is 24.3 Å². The summed E-state index contributed by atoms with van der Waals surface area (Å²) in [6.07, 6.45) is 0. The maximum Gasteiger partial charge on any atom is 0.172 e. The molecule has 2 rings (SSSR count). The number of phenols is 1. The van der Waals surface area contributed by atoms with E-state index in [1.54, 1.807) is 18.2 Å². The van der Waals surface area contributed by atoms with Crippen LogP contribution in [0.1, 0.15) is 20.8 Å². The minimum absolute atomic E-state index is 0.123. The first-order chi connectivity index (χ1) is 9.69. The Morgan fingerprint density at radius 2 is 1.95 bits per heavy atom. The molecule has 1 N–H and O–H groups in total. The van der Waals surface area contributed by atoms with Gasteiger partial charge >= 0.3 is 0 Å². The van der Waals surface area contributed by atoms with Crippen molar-refractivity contribution in [3.63, 3.8) is 0 Å². The van der Waals surface area contributed by atoms with Gasteiger partial charge in [0.05, 0.1) is 12.2 Å². The van der Waals surface area contributed by atoms with E-state index in [4.69, 9.17) is 9.26 Å². The molecule has 0 atom stereocenters. The van der Waals surface area contributed by atoms with Crippen LogP contribution in [0.2, 0.25) is 0 Å². The Morgan fingerprint density at radius 3 is 2.55 bits per heavy atom. The maximum absolute atomic E-state index is 10.1. The van der Waals surface area contributed by atoms with Gasteiger partial charge in [0.2, 0.25) is 0 Å². The zero-order valence-electron chi connectivity index (χ0n) is 12.1. The van der Waals surface area contributed by atoms with E-state index in [2.05, 4.69) is 23.9 Å². The smallest absolute Gasteiger partial charge is 0.172 e. The molecule has 20 heavy (non-hydrogen) atoms. The molecule has 2 aromatic rings. The number of hydrogen-bond acceptors (Lipinski definition) is 5. The minimum atomic E-state index is 0.123. The third-order valence-corrected chi connectivity index (χ3v) is 3.13. The summed E-state index contributed by atoms with van der Waals surface area (Å²) in [6.45, 7) is 8.30. The normalized spacial score (nSPS) is 10.6. The van der Waals surface area contributed by atoms with Crippen molar-refractivity contribution in [1.82, 2.24) is 5.16 Å². The van der Waals surface area contributed by atoms with E-state index >= 15 is 0 Å². The van der Waals surface area contributed by atoms with Crippen LogP contribution in [0.15, 0.2) is 28.8 Å². The number of phenolic OH excluding ortho intramolecular Hbond substituents is 1. The van der Waals surface area contributed by atoms with Gasteiger partial charge in [0, 0.05) is 25.2 Å². The van der Waals surface area contributed by atoms with Crippen molar-refractivity contribution in [2.45, 2.75) is 20.8 Å². The van der Waals surface area contributed by atoms with Crippen LogP contribution in [0.5, 0.6) is 11.5 Å².